The van der Waals surface area contributed by atoms with Gasteiger partial charge in [-0.05, 0) is 35.4 Å². The van der Waals surface area contributed by atoms with Crippen molar-refractivity contribution in [2.24, 2.45) is 0 Å². The molecule has 0 fully saturated rings. The zero-order valence-electron chi connectivity index (χ0n) is 14.5. The van der Waals surface area contributed by atoms with Crippen LogP contribution in [0.1, 0.15) is 5.56 Å². The zero-order valence-corrected chi connectivity index (χ0v) is 16.3. The Hall–Kier alpha value is -2.28. The lowest BCUT2D eigenvalue weighted by molar-refractivity contribution is 0.592. The van der Waals surface area contributed by atoms with Crippen molar-refractivity contribution in [2.45, 2.75) is 11.8 Å². The SMILES string of the molecule is Cc1c(P(=O)(c2ccccc2)c2ccccc2)ccc2c(S)cccc12. The van der Waals surface area contributed by atoms with Crippen LogP contribution in [-0.4, -0.2) is 0 Å². The maximum absolute atomic E-state index is 14.5. The van der Waals surface area contributed by atoms with Gasteiger partial charge in [0.25, 0.3) is 0 Å². The smallest absolute Gasteiger partial charge is 0.171 e. The maximum Gasteiger partial charge on any atom is 0.171 e. The van der Waals surface area contributed by atoms with Gasteiger partial charge in [-0.15, -0.1) is 12.6 Å². The maximum atomic E-state index is 14.5. The van der Waals surface area contributed by atoms with E-state index in [-0.39, 0.29) is 0 Å². The molecule has 0 aliphatic carbocycles. The largest absolute Gasteiger partial charge is 0.309 e. The topological polar surface area (TPSA) is 17.1 Å². The zero-order chi connectivity index (χ0) is 18.1. The first-order valence-electron chi connectivity index (χ1n) is 8.55. The molecule has 1 nitrogen and oxygen atoms in total. The Morgan fingerprint density at radius 3 is 1.81 bits per heavy atom. The molecule has 128 valence electrons. The highest BCUT2D eigenvalue weighted by molar-refractivity contribution is 7.85. The minimum atomic E-state index is -2.96. The van der Waals surface area contributed by atoms with Gasteiger partial charge in [0.15, 0.2) is 7.14 Å². The van der Waals surface area contributed by atoms with E-state index in [1.165, 1.54) is 0 Å². The molecule has 4 rings (SSSR count). The van der Waals surface area contributed by atoms with Crippen LogP contribution in [0.5, 0.6) is 0 Å². The average molecular weight is 374 g/mol. The summed E-state index contributed by atoms with van der Waals surface area (Å²) in [4.78, 5) is 0.936. The van der Waals surface area contributed by atoms with E-state index in [9.17, 15) is 4.57 Å². The highest BCUT2D eigenvalue weighted by Gasteiger charge is 2.31. The first kappa shape index (κ1) is 17.1. The van der Waals surface area contributed by atoms with Crippen LogP contribution in [0.2, 0.25) is 0 Å². The third kappa shape index (κ3) is 2.70. The molecule has 0 aliphatic rings. The predicted octanol–water partition coefficient (Wildman–Crippen LogP) is 5.08. The molecule has 3 heteroatoms. The molecule has 0 heterocycles. The number of thiol groups is 1. The molecule has 0 atom stereocenters. The van der Waals surface area contributed by atoms with Crippen molar-refractivity contribution in [3.05, 3.63) is 96.6 Å². The number of hydrogen-bond donors (Lipinski definition) is 1. The second-order valence-corrected chi connectivity index (χ2v) is 9.58. The summed E-state index contributed by atoms with van der Waals surface area (Å²) in [7, 11) is -2.96. The van der Waals surface area contributed by atoms with Gasteiger partial charge in [0.2, 0.25) is 0 Å². The summed E-state index contributed by atoms with van der Waals surface area (Å²) < 4.78 is 14.5. The van der Waals surface area contributed by atoms with Gasteiger partial charge in [0, 0.05) is 20.8 Å². The number of aryl methyl sites for hydroxylation is 1. The van der Waals surface area contributed by atoms with Gasteiger partial charge in [-0.2, -0.15) is 0 Å². The van der Waals surface area contributed by atoms with E-state index < -0.39 is 7.14 Å². The average Bonchev–Trinajstić information content (AvgIpc) is 2.70. The van der Waals surface area contributed by atoms with E-state index in [4.69, 9.17) is 0 Å². The summed E-state index contributed by atoms with van der Waals surface area (Å²) in [5, 5.41) is 4.79. The van der Waals surface area contributed by atoms with Crippen molar-refractivity contribution >= 4 is 46.5 Å². The van der Waals surface area contributed by atoms with Crippen molar-refractivity contribution in [3.8, 4) is 0 Å². The number of benzene rings is 4. The summed E-state index contributed by atoms with van der Waals surface area (Å²) in [5.41, 5.74) is 1.05. The number of rotatable bonds is 3. The van der Waals surface area contributed by atoms with E-state index in [0.717, 1.165) is 37.1 Å². The van der Waals surface area contributed by atoms with Crippen LogP contribution in [0.3, 0.4) is 0 Å². The van der Waals surface area contributed by atoms with Crippen molar-refractivity contribution in [2.75, 3.05) is 0 Å². The lowest BCUT2D eigenvalue weighted by Gasteiger charge is -2.23. The van der Waals surface area contributed by atoms with Gasteiger partial charge >= 0.3 is 0 Å². The van der Waals surface area contributed by atoms with Crippen LogP contribution in [0, 0.1) is 6.92 Å². The van der Waals surface area contributed by atoms with Gasteiger partial charge in [-0.3, -0.25) is 0 Å². The molecule has 0 unspecified atom stereocenters. The lowest BCUT2D eigenvalue weighted by atomic mass is 10.1. The molecule has 0 saturated carbocycles. The Balaban J connectivity index is 2.07. The molecule has 0 radical (unpaired) electrons. The van der Waals surface area contributed by atoms with Gasteiger partial charge in [-0.25, -0.2) is 0 Å². The third-order valence-corrected chi connectivity index (χ3v) is 8.46. The number of fused-ring (bicyclic) bond motifs is 1. The van der Waals surface area contributed by atoms with Gasteiger partial charge in [-0.1, -0.05) is 78.9 Å². The van der Waals surface area contributed by atoms with Gasteiger partial charge < -0.3 is 4.57 Å². The summed E-state index contributed by atoms with van der Waals surface area (Å²) in [6.45, 7) is 2.06. The highest BCUT2D eigenvalue weighted by Crippen LogP contribution is 2.44. The summed E-state index contributed by atoms with van der Waals surface area (Å²) in [5.74, 6) is 0. The molecule has 0 amide bonds. The monoisotopic (exact) mass is 374 g/mol. The van der Waals surface area contributed by atoms with E-state index in [1.54, 1.807) is 0 Å². The minimum Gasteiger partial charge on any atom is -0.309 e. The normalized spacial score (nSPS) is 11.6. The Kier molecular flexibility index (Phi) is 4.48. The van der Waals surface area contributed by atoms with Gasteiger partial charge in [0.1, 0.15) is 0 Å². The van der Waals surface area contributed by atoms with Crippen LogP contribution in [0.4, 0.5) is 0 Å². The molecular weight excluding hydrogens is 355 g/mol. The quantitative estimate of drug-likeness (QED) is 0.391. The van der Waals surface area contributed by atoms with Crippen LogP contribution >= 0.6 is 19.8 Å². The molecule has 0 aromatic heterocycles. The number of hydrogen-bond acceptors (Lipinski definition) is 2. The first-order chi connectivity index (χ1) is 12.6. The standard InChI is InChI=1S/C23H19OPS/c1-17-20-13-8-14-23(26)21(20)15-16-22(17)25(24,18-9-4-2-5-10-18)19-11-6-3-7-12-19/h2-16,26H,1H3. The molecule has 0 N–H and O–H groups in total. The second-order valence-electron chi connectivity index (χ2n) is 6.36. The summed E-state index contributed by atoms with van der Waals surface area (Å²) in [6, 6.07) is 29.7. The summed E-state index contributed by atoms with van der Waals surface area (Å²) >= 11 is 4.58. The van der Waals surface area contributed by atoms with Crippen LogP contribution < -0.4 is 15.9 Å². The minimum absolute atomic E-state index is 0.857. The first-order valence-corrected chi connectivity index (χ1v) is 10.7. The van der Waals surface area contributed by atoms with E-state index >= 15 is 0 Å². The van der Waals surface area contributed by atoms with Crippen LogP contribution in [-0.2, 0) is 4.57 Å². The molecule has 0 saturated heterocycles. The van der Waals surface area contributed by atoms with E-state index in [2.05, 4.69) is 25.6 Å². The highest BCUT2D eigenvalue weighted by atomic mass is 32.1. The molecule has 4 aromatic rings. The predicted molar refractivity (Wildman–Crippen MR) is 115 cm³/mol. The fourth-order valence-electron chi connectivity index (χ4n) is 3.52. The van der Waals surface area contributed by atoms with Crippen molar-refractivity contribution in [1.82, 2.24) is 0 Å². The van der Waals surface area contributed by atoms with Crippen molar-refractivity contribution in [1.29, 1.82) is 0 Å². The molecule has 0 bridgehead atoms. The molecular formula is C23H19OPS. The third-order valence-electron chi connectivity index (χ3n) is 4.86. The molecule has 0 spiro atoms. The van der Waals surface area contributed by atoms with Crippen LogP contribution in [0.25, 0.3) is 10.8 Å². The Bertz CT molecular complexity index is 1080. The Labute approximate surface area is 159 Å². The molecule has 26 heavy (non-hydrogen) atoms. The molecule has 4 aromatic carbocycles. The van der Waals surface area contributed by atoms with E-state index in [1.807, 2.05) is 84.9 Å². The summed E-state index contributed by atoms with van der Waals surface area (Å²) in [6.07, 6.45) is 0. The fraction of sp³-hybridized carbons (Fsp3) is 0.0435. The Morgan fingerprint density at radius 2 is 1.23 bits per heavy atom. The second kappa shape index (κ2) is 6.79. The van der Waals surface area contributed by atoms with Crippen molar-refractivity contribution < 1.29 is 4.57 Å². The Morgan fingerprint density at radius 1 is 0.654 bits per heavy atom. The molecule has 0 aliphatic heterocycles. The van der Waals surface area contributed by atoms with Crippen LogP contribution in [0.15, 0.2) is 95.9 Å². The fourth-order valence-corrected chi connectivity index (χ4v) is 6.72. The lowest BCUT2D eigenvalue weighted by Crippen LogP contribution is -2.26. The van der Waals surface area contributed by atoms with Gasteiger partial charge in [0.05, 0.1) is 0 Å². The van der Waals surface area contributed by atoms with Crippen molar-refractivity contribution in [3.63, 3.8) is 0 Å². The van der Waals surface area contributed by atoms with E-state index in [0.29, 0.717) is 0 Å².